The first-order valence-electron chi connectivity index (χ1n) is 6.39. The van der Waals surface area contributed by atoms with E-state index >= 15 is 0 Å². The summed E-state index contributed by atoms with van der Waals surface area (Å²) in [7, 11) is 1.28. The number of carbonyl (C=O) groups excluding carboxylic acids is 2. The third-order valence-corrected chi connectivity index (χ3v) is 2.33. The molecule has 110 valence electrons. The lowest BCUT2D eigenvalue weighted by Gasteiger charge is -2.10. The SMILES string of the molecule is COC(=O)c1nc(C)cc(NCCC(=O)NC(C)C)n1. The zero-order chi connectivity index (χ0) is 15.1. The van der Waals surface area contributed by atoms with Crippen molar-refractivity contribution < 1.29 is 14.3 Å². The predicted octanol–water partition coefficient (Wildman–Crippen LogP) is 0.898. The third kappa shape index (κ3) is 5.21. The number of hydrogen-bond donors (Lipinski definition) is 2. The number of ether oxygens (including phenoxy) is 1. The summed E-state index contributed by atoms with van der Waals surface area (Å²) in [5.41, 5.74) is 0.648. The molecular weight excluding hydrogens is 260 g/mol. The quantitative estimate of drug-likeness (QED) is 0.752. The second kappa shape index (κ2) is 7.42. The summed E-state index contributed by atoms with van der Waals surface area (Å²) in [5.74, 6) is -0.127. The standard InChI is InChI=1S/C13H20N4O3/c1-8(2)15-11(18)5-6-14-10-7-9(3)16-12(17-10)13(19)20-4/h7-8H,5-6H2,1-4H3,(H,15,18)(H,14,16,17). The number of esters is 1. The van der Waals surface area contributed by atoms with E-state index in [9.17, 15) is 9.59 Å². The molecule has 0 fully saturated rings. The Balaban J connectivity index is 2.58. The maximum atomic E-state index is 11.5. The van der Waals surface area contributed by atoms with E-state index in [1.54, 1.807) is 13.0 Å². The first kappa shape index (κ1) is 15.9. The van der Waals surface area contributed by atoms with E-state index in [1.807, 2.05) is 13.8 Å². The summed E-state index contributed by atoms with van der Waals surface area (Å²) in [6, 6.07) is 1.82. The number of nitrogens with one attached hydrogen (secondary N) is 2. The van der Waals surface area contributed by atoms with Gasteiger partial charge in [-0.1, -0.05) is 0 Å². The second-order valence-electron chi connectivity index (χ2n) is 4.61. The number of aromatic nitrogens is 2. The number of hydrogen-bond acceptors (Lipinski definition) is 6. The van der Waals surface area contributed by atoms with Crippen LogP contribution in [0.25, 0.3) is 0 Å². The van der Waals surface area contributed by atoms with Gasteiger partial charge in [0.15, 0.2) is 0 Å². The lowest BCUT2D eigenvalue weighted by atomic mass is 10.3. The fraction of sp³-hybridized carbons (Fsp3) is 0.538. The summed E-state index contributed by atoms with van der Waals surface area (Å²) in [6.45, 7) is 5.99. The number of nitrogens with zero attached hydrogens (tertiary/aromatic N) is 2. The van der Waals surface area contributed by atoms with Crippen molar-refractivity contribution in [2.24, 2.45) is 0 Å². The first-order chi connectivity index (χ1) is 9.42. The minimum absolute atomic E-state index is 0.00151. The highest BCUT2D eigenvalue weighted by atomic mass is 16.5. The summed E-state index contributed by atoms with van der Waals surface area (Å²) < 4.78 is 4.58. The Morgan fingerprint density at radius 1 is 1.35 bits per heavy atom. The van der Waals surface area contributed by atoms with Crippen LogP contribution in [-0.2, 0) is 9.53 Å². The highest BCUT2D eigenvalue weighted by Gasteiger charge is 2.11. The van der Waals surface area contributed by atoms with Gasteiger partial charge in [-0.15, -0.1) is 0 Å². The van der Waals surface area contributed by atoms with E-state index in [2.05, 4.69) is 25.3 Å². The van der Waals surface area contributed by atoms with Gasteiger partial charge in [-0.05, 0) is 20.8 Å². The summed E-state index contributed by atoms with van der Waals surface area (Å²) >= 11 is 0. The third-order valence-electron chi connectivity index (χ3n) is 2.33. The van der Waals surface area contributed by atoms with Gasteiger partial charge in [-0.2, -0.15) is 0 Å². The van der Waals surface area contributed by atoms with Crippen LogP contribution in [0.3, 0.4) is 0 Å². The van der Waals surface area contributed by atoms with E-state index < -0.39 is 5.97 Å². The molecule has 0 aliphatic rings. The molecule has 0 bridgehead atoms. The minimum atomic E-state index is -0.589. The van der Waals surface area contributed by atoms with Crippen molar-refractivity contribution in [1.29, 1.82) is 0 Å². The van der Waals surface area contributed by atoms with Crippen molar-refractivity contribution >= 4 is 17.7 Å². The molecule has 1 rings (SSSR count). The van der Waals surface area contributed by atoms with Crippen LogP contribution in [-0.4, -0.2) is 41.5 Å². The highest BCUT2D eigenvalue weighted by Crippen LogP contribution is 2.07. The van der Waals surface area contributed by atoms with Gasteiger partial charge in [0.05, 0.1) is 7.11 Å². The Labute approximate surface area is 118 Å². The maximum Gasteiger partial charge on any atom is 0.376 e. The summed E-state index contributed by atoms with van der Waals surface area (Å²) in [6.07, 6.45) is 0.328. The molecule has 1 amide bonds. The van der Waals surface area contributed by atoms with Crippen LogP contribution in [0, 0.1) is 6.92 Å². The molecule has 2 N–H and O–H groups in total. The van der Waals surface area contributed by atoms with Gasteiger partial charge in [0, 0.05) is 30.8 Å². The number of amides is 1. The lowest BCUT2D eigenvalue weighted by molar-refractivity contribution is -0.121. The zero-order valence-electron chi connectivity index (χ0n) is 12.2. The normalized spacial score (nSPS) is 10.2. The Kier molecular flexibility index (Phi) is 5.89. The molecule has 20 heavy (non-hydrogen) atoms. The fourth-order valence-corrected chi connectivity index (χ4v) is 1.54. The number of anilines is 1. The Morgan fingerprint density at radius 3 is 2.65 bits per heavy atom. The van der Waals surface area contributed by atoms with E-state index in [4.69, 9.17) is 0 Å². The molecule has 0 saturated heterocycles. The average Bonchev–Trinajstić information content (AvgIpc) is 2.36. The van der Waals surface area contributed by atoms with Gasteiger partial charge in [0.2, 0.25) is 11.7 Å². The highest BCUT2D eigenvalue weighted by molar-refractivity contribution is 5.85. The molecule has 0 aliphatic heterocycles. The van der Waals surface area contributed by atoms with Gasteiger partial charge in [-0.3, -0.25) is 4.79 Å². The first-order valence-corrected chi connectivity index (χ1v) is 6.39. The molecule has 0 radical (unpaired) electrons. The van der Waals surface area contributed by atoms with Crippen LogP contribution >= 0.6 is 0 Å². The monoisotopic (exact) mass is 280 g/mol. The Bertz CT molecular complexity index is 489. The van der Waals surface area contributed by atoms with E-state index in [0.717, 1.165) is 0 Å². The molecule has 7 nitrogen and oxygen atoms in total. The van der Waals surface area contributed by atoms with E-state index in [-0.39, 0.29) is 17.8 Å². The Hall–Kier alpha value is -2.18. The number of aryl methyl sites for hydroxylation is 1. The molecule has 0 aliphatic carbocycles. The van der Waals surface area contributed by atoms with Crippen molar-refractivity contribution in [2.75, 3.05) is 19.0 Å². The van der Waals surface area contributed by atoms with Crippen molar-refractivity contribution in [2.45, 2.75) is 33.2 Å². The van der Waals surface area contributed by atoms with Crippen LogP contribution in [0.1, 0.15) is 36.6 Å². The van der Waals surface area contributed by atoms with Gasteiger partial charge >= 0.3 is 5.97 Å². The maximum absolute atomic E-state index is 11.5. The molecule has 0 aromatic carbocycles. The largest absolute Gasteiger partial charge is 0.463 e. The predicted molar refractivity (Wildman–Crippen MR) is 74.5 cm³/mol. The van der Waals surface area contributed by atoms with Crippen molar-refractivity contribution in [3.63, 3.8) is 0 Å². The van der Waals surface area contributed by atoms with Crippen molar-refractivity contribution in [3.05, 3.63) is 17.6 Å². The topological polar surface area (TPSA) is 93.2 Å². The molecule has 1 heterocycles. The summed E-state index contributed by atoms with van der Waals surface area (Å²) in [5, 5.41) is 5.78. The average molecular weight is 280 g/mol. The molecule has 7 heteroatoms. The Morgan fingerprint density at radius 2 is 2.05 bits per heavy atom. The lowest BCUT2D eigenvalue weighted by Crippen LogP contribution is -2.31. The van der Waals surface area contributed by atoms with E-state index in [0.29, 0.717) is 24.5 Å². The molecule has 0 atom stereocenters. The van der Waals surface area contributed by atoms with Gasteiger partial charge in [-0.25, -0.2) is 14.8 Å². The molecular formula is C13H20N4O3. The van der Waals surface area contributed by atoms with Crippen LogP contribution in [0.15, 0.2) is 6.07 Å². The van der Waals surface area contributed by atoms with Crippen LogP contribution in [0.4, 0.5) is 5.82 Å². The van der Waals surface area contributed by atoms with Crippen LogP contribution in [0.5, 0.6) is 0 Å². The van der Waals surface area contributed by atoms with Crippen LogP contribution in [0.2, 0.25) is 0 Å². The van der Waals surface area contributed by atoms with E-state index in [1.165, 1.54) is 7.11 Å². The molecule has 1 aromatic rings. The van der Waals surface area contributed by atoms with Gasteiger partial charge in [0.1, 0.15) is 5.82 Å². The van der Waals surface area contributed by atoms with Gasteiger partial charge in [0.25, 0.3) is 0 Å². The van der Waals surface area contributed by atoms with Crippen LogP contribution < -0.4 is 10.6 Å². The smallest absolute Gasteiger partial charge is 0.376 e. The number of carbonyl (C=O) groups is 2. The van der Waals surface area contributed by atoms with Crippen molar-refractivity contribution in [1.82, 2.24) is 15.3 Å². The molecule has 1 aromatic heterocycles. The van der Waals surface area contributed by atoms with Crippen molar-refractivity contribution in [3.8, 4) is 0 Å². The summed E-state index contributed by atoms with van der Waals surface area (Å²) in [4.78, 5) is 30.9. The molecule has 0 spiro atoms. The minimum Gasteiger partial charge on any atom is -0.463 e. The molecule has 0 saturated carbocycles. The molecule has 0 unspecified atom stereocenters. The second-order valence-corrected chi connectivity index (χ2v) is 4.61. The number of rotatable bonds is 6. The van der Waals surface area contributed by atoms with Gasteiger partial charge < -0.3 is 15.4 Å². The fourth-order valence-electron chi connectivity index (χ4n) is 1.54. The number of methoxy groups -OCH3 is 1. The zero-order valence-corrected chi connectivity index (χ0v) is 12.2.